The third-order valence-corrected chi connectivity index (χ3v) is 2.44. The molecule has 1 aromatic carbocycles. The Kier molecular flexibility index (Phi) is 4.28. The first-order chi connectivity index (χ1) is 7.50. The molecule has 1 N–H and O–H groups in total. The molecule has 0 heterocycles. The van der Waals surface area contributed by atoms with Crippen molar-refractivity contribution >= 4 is 11.6 Å². The lowest BCUT2D eigenvalue weighted by Crippen LogP contribution is -2.37. The second-order valence-corrected chi connectivity index (χ2v) is 3.96. The summed E-state index contributed by atoms with van der Waals surface area (Å²) in [6.07, 6.45) is 0. The van der Waals surface area contributed by atoms with Crippen LogP contribution < -0.4 is 5.32 Å². The minimum absolute atomic E-state index is 0.0146. The lowest BCUT2D eigenvalue weighted by atomic mass is 10.3. The first-order valence-electron chi connectivity index (χ1n) is 5.26. The van der Waals surface area contributed by atoms with Crippen molar-refractivity contribution in [2.75, 3.05) is 18.9 Å². The number of likely N-dealkylation sites (N-methyl/N-ethyl adjacent to an activating group) is 1. The Bertz CT molecular complexity index is 366. The number of amides is 1. The van der Waals surface area contributed by atoms with E-state index in [1.54, 1.807) is 24.1 Å². The molecule has 0 radical (unpaired) electrons. The number of carbonyl (C=O) groups excluding carboxylic acids is 1. The van der Waals surface area contributed by atoms with E-state index in [1.807, 2.05) is 13.8 Å². The highest BCUT2D eigenvalue weighted by Gasteiger charge is 2.10. The molecule has 1 amide bonds. The van der Waals surface area contributed by atoms with Crippen LogP contribution in [0.5, 0.6) is 0 Å². The van der Waals surface area contributed by atoms with E-state index in [1.165, 1.54) is 12.1 Å². The van der Waals surface area contributed by atoms with Crippen LogP contribution in [0.2, 0.25) is 0 Å². The highest BCUT2D eigenvalue weighted by molar-refractivity contribution is 5.80. The standard InChI is InChI=1S/C12H17FN2O/c1-9(2)15(3)12(16)8-14-11-6-4-5-10(13)7-11/h4-7,9,14H,8H2,1-3H3. The summed E-state index contributed by atoms with van der Waals surface area (Å²) in [5.74, 6) is -0.325. The number of nitrogens with one attached hydrogen (secondary N) is 1. The number of nitrogens with zero attached hydrogens (tertiary/aromatic N) is 1. The zero-order valence-corrected chi connectivity index (χ0v) is 9.83. The molecule has 88 valence electrons. The SMILES string of the molecule is CC(C)N(C)C(=O)CNc1cccc(F)c1. The summed E-state index contributed by atoms with van der Waals surface area (Å²) >= 11 is 0. The monoisotopic (exact) mass is 224 g/mol. The van der Waals surface area contributed by atoms with Crippen molar-refractivity contribution < 1.29 is 9.18 Å². The van der Waals surface area contributed by atoms with Gasteiger partial charge in [-0.15, -0.1) is 0 Å². The van der Waals surface area contributed by atoms with E-state index in [0.29, 0.717) is 5.69 Å². The van der Waals surface area contributed by atoms with Crippen LogP contribution in [-0.2, 0) is 4.79 Å². The first-order valence-corrected chi connectivity index (χ1v) is 5.26. The van der Waals surface area contributed by atoms with E-state index in [0.717, 1.165) is 0 Å². The maximum absolute atomic E-state index is 12.8. The molecule has 0 aliphatic carbocycles. The van der Waals surface area contributed by atoms with Crippen LogP contribution >= 0.6 is 0 Å². The minimum Gasteiger partial charge on any atom is -0.376 e. The van der Waals surface area contributed by atoms with Gasteiger partial charge in [0.25, 0.3) is 0 Å². The Morgan fingerprint density at radius 3 is 2.75 bits per heavy atom. The van der Waals surface area contributed by atoms with E-state index >= 15 is 0 Å². The number of benzene rings is 1. The fourth-order valence-corrected chi connectivity index (χ4v) is 1.19. The van der Waals surface area contributed by atoms with Crippen molar-refractivity contribution in [1.29, 1.82) is 0 Å². The third kappa shape index (κ3) is 3.53. The minimum atomic E-state index is -0.310. The summed E-state index contributed by atoms with van der Waals surface area (Å²) in [5.41, 5.74) is 0.616. The molecule has 0 aliphatic rings. The summed E-state index contributed by atoms with van der Waals surface area (Å²) in [5, 5.41) is 2.89. The van der Waals surface area contributed by atoms with E-state index < -0.39 is 0 Å². The van der Waals surface area contributed by atoms with Crippen LogP contribution in [0.1, 0.15) is 13.8 Å². The largest absolute Gasteiger partial charge is 0.376 e. The summed E-state index contributed by atoms with van der Waals surface area (Å²) in [4.78, 5) is 13.3. The van der Waals surface area contributed by atoms with Gasteiger partial charge in [0.05, 0.1) is 6.54 Å². The molecule has 0 saturated heterocycles. The molecule has 3 nitrogen and oxygen atoms in total. The van der Waals surface area contributed by atoms with Crippen LogP contribution in [0.15, 0.2) is 24.3 Å². The quantitative estimate of drug-likeness (QED) is 0.849. The summed E-state index contributed by atoms with van der Waals surface area (Å²) in [6, 6.07) is 6.23. The Hall–Kier alpha value is -1.58. The van der Waals surface area contributed by atoms with Crippen LogP contribution in [0.4, 0.5) is 10.1 Å². The number of hydrogen-bond acceptors (Lipinski definition) is 2. The maximum Gasteiger partial charge on any atom is 0.241 e. The number of carbonyl (C=O) groups is 1. The summed E-state index contributed by atoms with van der Waals surface area (Å²) in [7, 11) is 1.75. The molecule has 4 heteroatoms. The van der Waals surface area contributed by atoms with Crippen molar-refractivity contribution in [3.8, 4) is 0 Å². The van der Waals surface area contributed by atoms with Gasteiger partial charge >= 0.3 is 0 Å². The highest BCUT2D eigenvalue weighted by Crippen LogP contribution is 2.08. The first kappa shape index (κ1) is 12.5. The lowest BCUT2D eigenvalue weighted by Gasteiger charge is -2.21. The molecule has 0 bridgehead atoms. The lowest BCUT2D eigenvalue weighted by molar-refractivity contribution is -0.129. The van der Waals surface area contributed by atoms with Gasteiger partial charge in [-0.05, 0) is 32.0 Å². The molecule has 0 fully saturated rings. The van der Waals surface area contributed by atoms with E-state index in [9.17, 15) is 9.18 Å². The van der Waals surface area contributed by atoms with Gasteiger partial charge in [0.1, 0.15) is 5.82 Å². The van der Waals surface area contributed by atoms with E-state index in [-0.39, 0.29) is 24.3 Å². The summed E-state index contributed by atoms with van der Waals surface area (Å²) < 4.78 is 12.8. The second kappa shape index (κ2) is 5.49. The molecule has 1 rings (SSSR count). The Morgan fingerprint density at radius 2 is 2.19 bits per heavy atom. The van der Waals surface area contributed by atoms with Crippen molar-refractivity contribution in [2.24, 2.45) is 0 Å². The number of halogens is 1. The maximum atomic E-state index is 12.8. The van der Waals surface area contributed by atoms with Crippen LogP contribution in [-0.4, -0.2) is 30.4 Å². The molecule has 0 saturated carbocycles. The average Bonchev–Trinajstić information content (AvgIpc) is 2.24. The van der Waals surface area contributed by atoms with Gasteiger partial charge in [-0.2, -0.15) is 0 Å². The molecule has 0 aromatic heterocycles. The van der Waals surface area contributed by atoms with Crippen molar-refractivity contribution in [3.05, 3.63) is 30.1 Å². The highest BCUT2D eigenvalue weighted by atomic mass is 19.1. The average molecular weight is 224 g/mol. The van der Waals surface area contributed by atoms with Gasteiger partial charge in [-0.25, -0.2) is 4.39 Å². The normalized spacial score (nSPS) is 10.3. The van der Waals surface area contributed by atoms with Gasteiger partial charge in [-0.1, -0.05) is 6.07 Å². The van der Waals surface area contributed by atoms with Crippen LogP contribution in [0.25, 0.3) is 0 Å². The fraction of sp³-hybridized carbons (Fsp3) is 0.417. The Morgan fingerprint density at radius 1 is 1.50 bits per heavy atom. The van der Waals surface area contributed by atoms with Gasteiger partial charge in [0.2, 0.25) is 5.91 Å². The van der Waals surface area contributed by atoms with E-state index in [2.05, 4.69) is 5.32 Å². The number of anilines is 1. The molecule has 0 aliphatic heterocycles. The smallest absolute Gasteiger partial charge is 0.241 e. The second-order valence-electron chi connectivity index (χ2n) is 3.96. The Balaban J connectivity index is 2.49. The Labute approximate surface area is 95.3 Å². The van der Waals surface area contributed by atoms with Crippen LogP contribution in [0, 0.1) is 5.82 Å². The molecule has 1 aromatic rings. The molecule has 0 unspecified atom stereocenters. The summed E-state index contributed by atoms with van der Waals surface area (Å²) in [6.45, 7) is 4.07. The molecule has 0 atom stereocenters. The number of rotatable bonds is 4. The molecule has 16 heavy (non-hydrogen) atoms. The number of hydrogen-bond donors (Lipinski definition) is 1. The predicted octanol–water partition coefficient (Wildman–Crippen LogP) is 2.10. The topological polar surface area (TPSA) is 32.3 Å². The van der Waals surface area contributed by atoms with Gasteiger partial charge in [0, 0.05) is 18.8 Å². The van der Waals surface area contributed by atoms with Crippen LogP contribution in [0.3, 0.4) is 0 Å². The fourth-order valence-electron chi connectivity index (χ4n) is 1.19. The molecular formula is C12H17FN2O. The zero-order valence-electron chi connectivity index (χ0n) is 9.83. The predicted molar refractivity (Wildman–Crippen MR) is 62.8 cm³/mol. The van der Waals surface area contributed by atoms with Crippen molar-refractivity contribution in [1.82, 2.24) is 4.90 Å². The molecule has 0 spiro atoms. The third-order valence-electron chi connectivity index (χ3n) is 2.44. The van der Waals surface area contributed by atoms with Crippen molar-refractivity contribution in [2.45, 2.75) is 19.9 Å². The zero-order chi connectivity index (χ0) is 12.1. The van der Waals surface area contributed by atoms with Crippen molar-refractivity contribution in [3.63, 3.8) is 0 Å². The van der Waals surface area contributed by atoms with Gasteiger partial charge < -0.3 is 10.2 Å². The van der Waals surface area contributed by atoms with Gasteiger partial charge in [-0.3, -0.25) is 4.79 Å². The molecular weight excluding hydrogens is 207 g/mol. The van der Waals surface area contributed by atoms with Gasteiger partial charge in [0.15, 0.2) is 0 Å². The van der Waals surface area contributed by atoms with E-state index in [4.69, 9.17) is 0 Å².